The van der Waals surface area contributed by atoms with Gasteiger partial charge >= 0.3 is 0 Å². The number of fused-ring (bicyclic) bond motifs is 1. The Balaban J connectivity index is 1.60. The number of rotatable bonds is 6. The van der Waals surface area contributed by atoms with Crippen molar-refractivity contribution in [2.24, 2.45) is 11.8 Å². The summed E-state index contributed by atoms with van der Waals surface area (Å²) in [5, 5.41) is 7.53. The monoisotopic (exact) mass is 408 g/mol. The van der Waals surface area contributed by atoms with Gasteiger partial charge in [-0.05, 0) is 56.1 Å². The molecule has 1 aromatic heterocycles. The highest BCUT2D eigenvalue weighted by Gasteiger charge is 2.45. The summed E-state index contributed by atoms with van der Waals surface area (Å²) in [5.41, 5.74) is 4.66. The molecule has 0 bridgehead atoms. The number of carbonyl (C=O) groups is 2. The molecule has 2 aliphatic rings. The maximum Gasteiger partial charge on any atom is 0.246 e. The topological polar surface area (TPSA) is 67.2 Å². The molecule has 2 heterocycles. The zero-order valence-corrected chi connectivity index (χ0v) is 18.4. The van der Waals surface area contributed by atoms with E-state index in [0.717, 1.165) is 30.6 Å². The van der Waals surface area contributed by atoms with E-state index in [1.165, 1.54) is 11.1 Å². The van der Waals surface area contributed by atoms with Crippen molar-refractivity contribution in [1.82, 2.24) is 20.0 Å². The van der Waals surface area contributed by atoms with Crippen molar-refractivity contribution in [2.75, 3.05) is 0 Å². The van der Waals surface area contributed by atoms with Crippen LogP contribution in [0.4, 0.5) is 0 Å². The summed E-state index contributed by atoms with van der Waals surface area (Å²) < 4.78 is 1.94. The number of carbonyl (C=O) groups excluding carboxylic acids is 2. The largest absolute Gasteiger partial charge is 0.342 e. The second kappa shape index (κ2) is 8.25. The Labute approximate surface area is 178 Å². The highest BCUT2D eigenvalue weighted by atomic mass is 16.2. The van der Waals surface area contributed by atoms with Crippen LogP contribution in [-0.2, 0) is 35.5 Å². The van der Waals surface area contributed by atoms with Gasteiger partial charge in [-0.2, -0.15) is 5.10 Å². The Morgan fingerprint density at radius 1 is 1.17 bits per heavy atom. The van der Waals surface area contributed by atoms with Crippen molar-refractivity contribution >= 4 is 11.8 Å². The van der Waals surface area contributed by atoms with Crippen LogP contribution in [0.3, 0.4) is 0 Å². The van der Waals surface area contributed by atoms with E-state index >= 15 is 0 Å². The van der Waals surface area contributed by atoms with E-state index in [1.54, 1.807) is 0 Å². The fourth-order valence-electron chi connectivity index (χ4n) is 4.94. The van der Waals surface area contributed by atoms with Gasteiger partial charge in [0, 0.05) is 24.3 Å². The van der Waals surface area contributed by atoms with Crippen LogP contribution in [0.15, 0.2) is 30.5 Å². The molecular weight excluding hydrogens is 376 g/mol. The van der Waals surface area contributed by atoms with Gasteiger partial charge in [-0.15, -0.1) is 0 Å². The number of nitrogens with one attached hydrogen (secondary N) is 1. The SMILES string of the molecule is CCn1ncc(CN2C(=O)[C@@H](C3Cc4ccccc4C3)NC(=O)[C@H]2CC(C)C)c1C. The van der Waals surface area contributed by atoms with Crippen molar-refractivity contribution in [2.45, 2.75) is 72.1 Å². The molecule has 30 heavy (non-hydrogen) atoms. The first-order valence-electron chi connectivity index (χ1n) is 11.1. The van der Waals surface area contributed by atoms with E-state index in [1.807, 2.05) is 34.8 Å². The van der Waals surface area contributed by atoms with Crippen LogP contribution >= 0.6 is 0 Å². The molecule has 6 nitrogen and oxygen atoms in total. The number of aromatic nitrogens is 2. The second-order valence-electron chi connectivity index (χ2n) is 9.11. The molecule has 0 radical (unpaired) electrons. The van der Waals surface area contributed by atoms with E-state index in [-0.39, 0.29) is 17.7 Å². The minimum atomic E-state index is -0.463. The quantitative estimate of drug-likeness (QED) is 0.799. The molecule has 1 N–H and O–H groups in total. The normalized spacial score (nSPS) is 22.0. The summed E-state index contributed by atoms with van der Waals surface area (Å²) in [7, 11) is 0. The molecule has 0 spiro atoms. The summed E-state index contributed by atoms with van der Waals surface area (Å²) >= 11 is 0. The first kappa shape index (κ1) is 20.6. The van der Waals surface area contributed by atoms with Crippen LogP contribution in [0, 0.1) is 18.8 Å². The lowest BCUT2D eigenvalue weighted by atomic mass is 9.90. The molecule has 1 aromatic carbocycles. The van der Waals surface area contributed by atoms with Gasteiger partial charge in [-0.1, -0.05) is 38.1 Å². The average Bonchev–Trinajstić information content (AvgIpc) is 3.30. The third-order valence-electron chi connectivity index (χ3n) is 6.62. The Morgan fingerprint density at radius 3 is 2.40 bits per heavy atom. The highest BCUT2D eigenvalue weighted by Crippen LogP contribution is 2.32. The number of amides is 2. The molecule has 1 aliphatic heterocycles. The predicted molar refractivity (Wildman–Crippen MR) is 116 cm³/mol. The van der Waals surface area contributed by atoms with Gasteiger partial charge in [-0.25, -0.2) is 0 Å². The van der Waals surface area contributed by atoms with Gasteiger partial charge in [0.25, 0.3) is 0 Å². The molecule has 1 fully saturated rings. The first-order chi connectivity index (χ1) is 14.4. The third kappa shape index (κ3) is 3.75. The van der Waals surface area contributed by atoms with Crippen LogP contribution in [0.2, 0.25) is 0 Å². The van der Waals surface area contributed by atoms with Crippen LogP contribution in [0.5, 0.6) is 0 Å². The third-order valence-corrected chi connectivity index (χ3v) is 6.62. The summed E-state index contributed by atoms with van der Waals surface area (Å²) in [5.74, 6) is 0.454. The molecule has 1 saturated heterocycles. The minimum absolute atomic E-state index is 0.0233. The predicted octanol–water partition coefficient (Wildman–Crippen LogP) is 2.87. The van der Waals surface area contributed by atoms with Gasteiger partial charge in [0.1, 0.15) is 12.1 Å². The molecule has 2 atom stereocenters. The average molecular weight is 409 g/mol. The van der Waals surface area contributed by atoms with Crippen molar-refractivity contribution in [3.05, 3.63) is 52.8 Å². The zero-order chi connectivity index (χ0) is 21.4. The number of hydrogen-bond acceptors (Lipinski definition) is 3. The number of benzene rings is 1. The summed E-state index contributed by atoms with van der Waals surface area (Å²) in [6, 6.07) is 7.46. The van der Waals surface area contributed by atoms with Crippen LogP contribution in [0.1, 0.15) is 49.6 Å². The van der Waals surface area contributed by atoms with Crippen molar-refractivity contribution in [3.63, 3.8) is 0 Å². The maximum absolute atomic E-state index is 13.7. The van der Waals surface area contributed by atoms with E-state index in [0.29, 0.717) is 18.9 Å². The van der Waals surface area contributed by atoms with Crippen LogP contribution in [-0.4, -0.2) is 38.6 Å². The Bertz CT molecular complexity index is 923. The van der Waals surface area contributed by atoms with Gasteiger partial charge < -0.3 is 10.2 Å². The Morgan fingerprint density at radius 2 is 1.83 bits per heavy atom. The van der Waals surface area contributed by atoms with Gasteiger partial charge in [-0.3, -0.25) is 14.3 Å². The fourth-order valence-corrected chi connectivity index (χ4v) is 4.94. The summed E-state index contributed by atoms with van der Waals surface area (Å²) in [4.78, 5) is 28.6. The smallest absolute Gasteiger partial charge is 0.246 e. The molecule has 2 amide bonds. The first-order valence-corrected chi connectivity index (χ1v) is 11.1. The fraction of sp³-hybridized carbons (Fsp3) is 0.542. The standard InChI is InChI=1S/C24H32N4O2/c1-5-28-16(4)20(13-25-28)14-27-21(10-15(2)3)23(29)26-22(24(27)30)19-11-17-8-6-7-9-18(17)12-19/h6-9,13,15,19,21-22H,5,10-12,14H2,1-4H3,(H,26,29)/t21-,22-/m1/s1. The van der Waals surface area contributed by atoms with Crippen LogP contribution in [0.25, 0.3) is 0 Å². The highest BCUT2D eigenvalue weighted by molar-refractivity contribution is 5.97. The molecular formula is C24H32N4O2. The molecule has 4 rings (SSSR count). The lowest BCUT2D eigenvalue weighted by Gasteiger charge is -2.41. The Hall–Kier alpha value is -2.63. The number of nitrogens with zero attached hydrogens (tertiary/aromatic N) is 3. The van der Waals surface area contributed by atoms with E-state index < -0.39 is 12.1 Å². The lowest BCUT2D eigenvalue weighted by Crippen LogP contribution is -2.65. The molecule has 2 aromatic rings. The van der Waals surface area contributed by atoms with Crippen molar-refractivity contribution in [1.29, 1.82) is 0 Å². The van der Waals surface area contributed by atoms with Crippen molar-refractivity contribution in [3.8, 4) is 0 Å². The van der Waals surface area contributed by atoms with Crippen LogP contribution < -0.4 is 5.32 Å². The zero-order valence-electron chi connectivity index (χ0n) is 18.4. The van der Waals surface area contributed by atoms with Gasteiger partial charge in [0.2, 0.25) is 11.8 Å². The van der Waals surface area contributed by atoms with E-state index in [9.17, 15) is 9.59 Å². The molecule has 0 saturated carbocycles. The molecule has 160 valence electrons. The summed E-state index contributed by atoms with van der Waals surface area (Å²) in [6.45, 7) is 9.50. The maximum atomic E-state index is 13.7. The molecule has 6 heteroatoms. The van der Waals surface area contributed by atoms with E-state index in [4.69, 9.17) is 0 Å². The van der Waals surface area contributed by atoms with Gasteiger partial charge in [0.05, 0.1) is 6.20 Å². The number of hydrogen-bond donors (Lipinski definition) is 1. The number of aryl methyl sites for hydroxylation is 1. The van der Waals surface area contributed by atoms with E-state index in [2.05, 4.69) is 43.3 Å². The molecule has 1 aliphatic carbocycles. The summed E-state index contributed by atoms with van der Waals surface area (Å²) in [6.07, 6.45) is 4.17. The molecule has 0 unspecified atom stereocenters. The number of piperazine rings is 1. The van der Waals surface area contributed by atoms with Gasteiger partial charge in [0.15, 0.2) is 0 Å². The lowest BCUT2D eigenvalue weighted by molar-refractivity contribution is -0.152. The minimum Gasteiger partial charge on any atom is -0.342 e. The second-order valence-corrected chi connectivity index (χ2v) is 9.11. The van der Waals surface area contributed by atoms with Crippen molar-refractivity contribution < 1.29 is 9.59 Å². The Kier molecular flexibility index (Phi) is 5.67.